The van der Waals surface area contributed by atoms with Gasteiger partial charge in [0.05, 0.1) is 25.9 Å². The van der Waals surface area contributed by atoms with Gasteiger partial charge in [-0.25, -0.2) is 0 Å². The van der Waals surface area contributed by atoms with E-state index in [1.54, 1.807) is 7.05 Å². The van der Waals surface area contributed by atoms with Crippen molar-refractivity contribution in [3.63, 3.8) is 0 Å². The maximum absolute atomic E-state index is 5.80. The first-order valence-corrected chi connectivity index (χ1v) is 10.4. The maximum Gasteiger partial charge on any atom is 0.191 e. The maximum atomic E-state index is 5.80. The number of rotatable bonds is 9. The average molecular weight is 391 g/mol. The van der Waals surface area contributed by atoms with E-state index in [4.69, 9.17) is 14.2 Å². The Morgan fingerprint density at radius 2 is 1.96 bits per heavy atom. The summed E-state index contributed by atoms with van der Waals surface area (Å²) in [6.07, 6.45) is 2.24. The lowest BCUT2D eigenvalue weighted by molar-refractivity contribution is 0.0341. The molecule has 7 nitrogen and oxygen atoms in total. The molecule has 0 bridgehead atoms. The molecule has 2 saturated heterocycles. The monoisotopic (exact) mass is 390 g/mol. The van der Waals surface area contributed by atoms with Gasteiger partial charge in [0.2, 0.25) is 0 Å². The molecule has 1 aromatic carbocycles. The van der Waals surface area contributed by atoms with Crippen LogP contribution >= 0.6 is 0 Å². The van der Waals surface area contributed by atoms with Gasteiger partial charge in [0.1, 0.15) is 0 Å². The fraction of sp³-hybridized carbons (Fsp3) is 0.667. The summed E-state index contributed by atoms with van der Waals surface area (Å²) in [6.45, 7) is 8.53. The molecule has 1 unspecified atom stereocenters. The normalized spacial score (nSPS) is 21.0. The first kappa shape index (κ1) is 21.0. The summed E-state index contributed by atoms with van der Waals surface area (Å²) >= 11 is 0. The van der Waals surface area contributed by atoms with Gasteiger partial charge in [-0.2, -0.15) is 0 Å². The van der Waals surface area contributed by atoms with Crippen LogP contribution in [0.2, 0.25) is 0 Å². The highest BCUT2D eigenvalue weighted by molar-refractivity contribution is 5.79. The molecule has 1 aromatic rings. The lowest BCUT2D eigenvalue weighted by Crippen LogP contribution is -2.38. The SMILES string of the molecule is CN=C(NCCCOC1CCOC1)NCc1ccccc1CN1CCOCC1. The number of ether oxygens (including phenoxy) is 3. The van der Waals surface area contributed by atoms with Gasteiger partial charge in [-0.1, -0.05) is 24.3 Å². The largest absolute Gasteiger partial charge is 0.379 e. The molecule has 28 heavy (non-hydrogen) atoms. The van der Waals surface area contributed by atoms with Gasteiger partial charge in [0.15, 0.2) is 5.96 Å². The Bertz CT molecular complexity index is 599. The number of guanidine groups is 1. The van der Waals surface area contributed by atoms with Crippen LogP contribution in [0.4, 0.5) is 0 Å². The zero-order valence-electron chi connectivity index (χ0n) is 17.0. The van der Waals surface area contributed by atoms with Crippen LogP contribution in [0.25, 0.3) is 0 Å². The second-order valence-corrected chi connectivity index (χ2v) is 7.22. The number of morpholine rings is 1. The van der Waals surface area contributed by atoms with Crippen molar-refractivity contribution in [3.8, 4) is 0 Å². The number of benzene rings is 1. The number of nitrogens with zero attached hydrogens (tertiary/aromatic N) is 2. The molecule has 0 radical (unpaired) electrons. The highest BCUT2D eigenvalue weighted by atomic mass is 16.5. The van der Waals surface area contributed by atoms with E-state index >= 15 is 0 Å². The summed E-state index contributed by atoms with van der Waals surface area (Å²) in [5.41, 5.74) is 2.67. The van der Waals surface area contributed by atoms with Crippen molar-refractivity contribution in [2.75, 3.05) is 59.7 Å². The van der Waals surface area contributed by atoms with E-state index in [2.05, 4.69) is 44.8 Å². The standard InChI is InChI=1S/C21H34N4O3/c1-22-21(23-8-4-11-28-20-7-12-27-17-20)24-15-18-5-2-3-6-19(18)16-25-9-13-26-14-10-25/h2-3,5-6,20H,4,7-17H2,1H3,(H2,22,23,24). The van der Waals surface area contributed by atoms with Crippen molar-refractivity contribution >= 4 is 5.96 Å². The number of nitrogens with one attached hydrogen (secondary N) is 2. The van der Waals surface area contributed by atoms with Crippen molar-refractivity contribution in [1.82, 2.24) is 15.5 Å². The molecule has 0 aromatic heterocycles. The summed E-state index contributed by atoms with van der Waals surface area (Å²) in [7, 11) is 1.81. The summed E-state index contributed by atoms with van der Waals surface area (Å²) < 4.78 is 16.6. The fourth-order valence-corrected chi connectivity index (χ4v) is 3.46. The van der Waals surface area contributed by atoms with Crippen LogP contribution in [0.1, 0.15) is 24.0 Å². The Morgan fingerprint density at radius 1 is 1.14 bits per heavy atom. The zero-order valence-corrected chi connectivity index (χ0v) is 17.0. The minimum Gasteiger partial charge on any atom is -0.379 e. The molecule has 0 amide bonds. The summed E-state index contributed by atoms with van der Waals surface area (Å²) in [4.78, 5) is 6.78. The van der Waals surface area contributed by atoms with Crippen LogP contribution < -0.4 is 10.6 Å². The molecule has 2 heterocycles. The molecule has 2 aliphatic rings. The minimum atomic E-state index is 0.278. The van der Waals surface area contributed by atoms with Gasteiger partial charge >= 0.3 is 0 Å². The van der Waals surface area contributed by atoms with Crippen molar-refractivity contribution in [2.45, 2.75) is 32.0 Å². The average Bonchev–Trinajstić information content (AvgIpc) is 3.25. The molecule has 1 atom stereocenters. The highest BCUT2D eigenvalue weighted by Gasteiger charge is 2.15. The van der Waals surface area contributed by atoms with Crippen molar-refractivity contribution in [2.24, 2.45) is 4.99 Å². The Morgan fingerprint density at radius 3 is 2.71 bits per heavy atom. The number of hydrogen-bond donors (Lipinski definition) is 2. The van der Waals surface area contributed by atoms with Crippen molar-refractivity contribution in [3.05, 3.63) is 35.4 Å². The lowest BCUT2D eigenvalue weighted by Gasteiger charge is -2.27. The second-order valence-electron chi connectivity index (χ2n) is 7.22. The molecule has 2 fully saturated rings. The molecule has 2 N–H and O–H groups in total. The topological polar surface area (TPSA) is 67.4 Å². The van der Waals surface area contributed by atoms with Crippen LogP contribution in [-0.4, -0.2) is 76.7 Å². The molecule has 3 rings (SSSR count). The molecule has 0 aliphatic carbocycles. The third-order valence-corrected chi connectivity index (χ3v) is 5.14. The molecule has 7 heteroatoms. The third-order valence-electron chi connectivity index (χ3n) is 5.14. The van der Waals surface area contributed by atoms with Gasteiger partial charge in [-0.15, -0.1) is 0 Å². The Balaban J connectivity index is 1.38. The number of aliphatic imine (C=N–C) groups is 1. The molecule has 0 saturated carbocycles. The summed E-state index contributed by atoms with van der Waals surface area (Å²) in [5, 5.41) is 6.80. The minimum absolute atomic E-state index is 0.278. The Labute approximate surface area is 168 Å². The van der Waals surface area contributed by atoms with Gasteiger partial charge in [0, 0.05) is 53.0 Å². The van der Waals surface area contributed by atoms with Crippen LogP contribution in [0.15, 0.2) is 29.3 Å². The Hall–Kier alpha value is -1.67. The van der Waals surface area contributed by atoms with Gasteiger partial charge in [0.25, 0.3) is 0 Å². The van der Waals surface area contributed by atoms with E-state index in [-0.39, 0.29) is 6.10 Å². The third kappa shape index (κ3) is 7.05. The van der Waals surface area contributed by atoms with E-state index in [9.17, 15) is 0 Å². The summed E-state index contributed by atoms with van der Waals surface area (Å²) in [6, 6.07) is 8.61. The van der Waals surface area contributed by atoms with E-state index in [0.717, 1.165) is 84.6 Å². The number of hydrogen-bond acceptors (Lipinski definition) is 5. The fourth-order valence-electron chi connectivity index (χ4n) is 3.46. The molecule has 0 spiro atoms. The summed E-state index contributed by atoms with van der Waals surface area (Å²) in [5.74, 6) is 0.824. The predicted octanol–water partition coefficient (Wildman–Crippen LogP) is 1.38. The van der Waals surface area contributed by atoms with Crippen LogP contribution in [0.5, 0.6) is 0 Å². The zero-order chi connectivity index (χ0) is 19.4. The highest BCUT2D eigenvalue weighted by Crippen LogP contribution is 2.13. The first-order chi connectivity index (χ1) is 13.8. The van der Waals surface area contributed by atoms with Gasteiger partial charge < -0.3 is 24.8 Å². The van der Waals surface area contributed by atoms with Crippen molar-refractivity contribution < 1.29 is 14.2 Å². The van der Waals surface area contributed by atoms with Crippen LogP contribution in [0.3, 0.4) is 0 Å². The van der Waals surface area contributed by atoms with E-state index < -0.39 is 0 Å². The van der Waals surface area contributed by atoms with E-state index in [0.29, 0.717) is 0 Å². The first-order valence-electron chi connectivity index (χ1n) is 10.4. The van der Waals surface area contributed by atoms with Crippen LogP contribution in [0, 0.1) is 0 Å². The quantitative estimate of drug-likeness (QED) is 0.377. The molecular weight excluding hydrogens is 356 g/mol. The predicted molar refractivity (Wildman–Crippen MR) is 111 cm³/mol. The van der Waals surface area contributed by atoms with Crippen LogP contribution in [-0.2, 0) is 27.3 Å². The van der Waals surface area contributed by atoms with Gasteiger partial charge in [-0.05, 0) is 24.0 Å². The molecule has 156 valence electrons. The Kier molecular flexibility index (Phi) is 9.03. The van der Waals surface area contributed by atoms with E-state index in [1.807, 2.05) is 0 Å². The molecular formula is C21H34N4O3. The van der Waals surface area contributed by atoms with Crippen molar-refractivity contribution in [1.29, 1.82) is 0 Å². The second kappa shape index (κ2) is 12.0. The van der Waals surface area contributed by atoms with E-state index in [1.165, 1.54) is 11.1 Å². The smallest absolute Gasteiger partial charge is 0.191 e. The van der Waals surface area contributed by atoms with Gasteiger partial charge in [-0.3, -0.25) is 9.89 Å². The lowest BCUT2D eigenvalue weighted by atomic mass is 10.1. The molecule has 2 aliphatic heterocycles.